The van der Waals surface area contributed by atoms with Crippen LogP contribution in [0.3, 0.4) is 0 Å². The van der Waals surface area contributed by atoms with Crippen LogP contribution in [-0.4, -0.2) is 32.4 Å². The number of aryl methyl sites for hydroxylation is 1. The molecule has 0 spiro atoms. The van der Waals surface area contributed by atoms with Crippen molar-refractivity contribution in [2.24, 2.45) is 0 Å². The Morgan fingerprint density at radius 3 is 3.05 bits per heavy atom. The number of thioether (sulfide) groups is 1. The second-order valence-electron chi connectivity index (χ2n) is 4.73. The molecule has 3 heterocycles. The van der Waals surface area contributed by atoms with Gasteiger partial charge in [0, 0.05) is 29.4 Å². The van der Waals surface area contributed by atoms with Crippen molar-refractivity contribution in [2.45, 2.75) is 13.3 Å². The number of aliphatic hydroxyl groups is 1. The standard InChI is InChI=1S/C16H17N3OS/c1-2-13-14(11-5-3-7-17-9-11)19-16(18-13)15-12(10-20)6-4-8-21-15/h3-7,9,20H,2,8,10H2,1H3,(H,18,19). The van der Waals surface area contributed by atoms with Crippen LogP contribution in [0.5, 0.6) is 0 Å². The summed E-state index contributed by atoms with van der Waals surface area (Å²) < 4.78 is 0. The summed E-state index contributed by atoms with van der Waals surface area (Å²) in [5.41, 5.74) is 3.97. The second kappa shape index (κ2) is 6.28. The lowest BCUT2D eigenvalue weighted by molar-refractivity contribution is 0.335. The molecule has 108 valence electrons. The summed E-state index contributed by atoms with van der Waals surface area (Å²) >= 11 is 1.70. The van der Waals surface area contributed by atoms with Gasteiger partial charge in [0.25, 0.3) is 0 Å². The highest BCUT2D eigenvalue weighted by Crippen LogP contribution is 2.34. The first-order valence-corrected chi connectivity index (χ1v) is 7.95. The topological polar surface area (TPSA) is 61.8 Å². The van der Waals surface area contributed by atoms with E-state index in [-0.39, 0.29) is 6.61 Å². The van der Waals surface area contributed by atoms with Crippen LogP contribution in [0, 0.1) is 0 Å². The molecular formula is C16H17N3OS. The van der Waals surface area contributed by atoms with Crippen LogP contribution in [0.2, 0.25) is 0 Å². The van der Waals surface area contributed by atoms with Gasteiger partial charge in [-0.15, -0.1) is 11.8 Å². The van der Waals surface area contributed by atoms with E-state index >= 15 is 0 Å². The van der Waals surface area contributed by atoms with E-state index in [1.54, 1.807) is 18.0 Å². The van der Waals surface area contributed by atoms with Crippen LogP contribution < -0.4 is 0 Å². The number of aromatic nitrogens is 3. The van der Waals surface area contributed by atoms with Gasteiger partial charge in [-0.05, 0) is 24.1 Å². The molecule has 0 amide bonds. The molecule has 3 rings (SSSR count). The van der Waals surface area contributed by atoms with Gasteiger partial charge < -0.3 is 10.1 Å². The Balaban J connectivity index is 2.08. The van der Waals surface area contributed by atoms with E-state index in [4.69, 9.17) is 4.98 Å². The Morgan fingerprint density at radius 1 is 1.43 bits per heavy atom. The van der Waals surface area contributed by atoms with Crippen LogP contribution in [0.1, 0.15) is 18.4 Å². The number of hydrogen-bond donors (Lipinski definition) is 2. The van der Waals surface area contributed by atoms with Crippen molar-refractivity contribution in [1.82, 2.24) is 15.0 Å². The molecule has 2 aromatic heterocycles. The maximum Gasteiger partial charge on any atom is 0.145 e. The molecule has 2 aromatic rings. The lowest BCUT2D eigenvalue weighted by atomic mass is 10.1. The van der Waals surface area contributed by atoms with Crippen LogP contribution in [0.15, 0.2) is 42.3 Å². The largest absolute Gasteiger partial charge is 0.392 e. The number of hydrogen-bond acceptors (Lipinski definition) is 4. The van der Waals surface area contributed by atoms with Crippen LogP contribution in [0.4, 0.5) is 0 Å². The van der Waals surface area contributed by atoms with Crippen molar-refractivity contribution in [3.8, 4) is 11.3 Å². The van der Waals surface area contributed by atoms with Gasteiger partial charge in [-0.3, -0.25) is 4.98 Å². The predicted octanol–water partition coefficient (Wildman–Crippen LogP) is 3.04. The highest BCUT2D eigenvalue weighted by atomic mass is 32.2. The zero-order chi connectivity index (χ0) is 14.7. The van der Waals surface area contributed by atoms with Gasteiger partial charge in [0.05, 0.1) is 17.2 Å². The highest BCUT2D eigenvalue weighted by Gasteiger charge is 2.17. The van der Waals surface area contributed by atoms with E-state index in [1.807, 2.05) is 24.4 Å². The lowest BCUT2D eigenvalue weighted by Gasteiger charge is -2.11. The molecule has 1 aliphatic rings. The Kier molecular flexibility index (Phi) is 4.22. The molecule has 0 aliphatic carbocycles. The van der Waals surface area contributed by atoms with Crippen LogP contribution in [0.25, 0.3) is 16.2 Å². The zero-order valence-electron chi connectivity index (χ0n) is 11.8. The van der Waals surface area contributed by atoms with E-state index < -0.39 is 0 Å². The highest BCUT2D eigenvalue weighted by molar-refractivity contribution is 8.08. The summed E-state index contributed by atoms with van der Waals surface area (Å²) in [6.45, 7) is 2.13. The van der Waals surface area contributed by atoms with Crippen molar-refractivity contribution >= 4 is 16.7 Å². The molecule has 0 radical (unpaired) electrons. The fourth-order valence-corrected chi connectivity index (χ4v) is 3.26. The Morgan fingerprint density at radius 2 is 2.33 bits per heavy atom. The molecule has 0 atom stereocenters. The van der Waals surface area contributed by atoms with Gasteiger partial charge in [-0.2, -0.15) is 0 Å². The van der Waals surface area contributed by atoms with E-state index in [0.29, 0.717) is 0 Å². The molecule has 0 saturated heterocycles. The molecule has 1 aliphatic heterocycles. The fraction of sp³-hybridized carbons (Fsp3) is 0.250. The summed E-state index contributed by atoms with van der Waals surface area (Å²) in [5, 5.41) is 9.50. The third-order valence-corrected chi connectivity index (χ3v) is 4.49. The summed E-state index contributed by atoms with van der Waals surface area (Å²) in [6.07, 6.45) is 8.50. The molecule has 0 fully saturated rings. The number of H-pyrrole nitrogens is 1. The summed E-state index contributed by atoms with van der Waals surface area (Å²) in [5.74, 6) is 1.74. The average molecular weight is 299 g/mol. The predicted molar refractivity (Wildman–Crippen MR) is 86.8 cm³/mol. The number of imidazole rings is 1. The van der Waals surface area contributed by atoms with Gasteiger partial charge in [0.15, 0.2) is 0 Å². The summed E-state index contributed by atoms with van der Waals surface area (Å²) in [7, 11) is 0. The number of aliphatic hydroxyl groups excluding tert-OH is 1. The van der Waals surface area contributed by atoms with Crippen molar-refractivity contribution in [1.29, 1.82) is 0 Å². The maximum absolute atomic E-state index is 9.50. The number of aromatic amines is 1. The SMILES string of the molecule is CCc1[nH]c(C2=C(CO)C=CCS2)nc1-c1cccnc1. The third kappa shape index (κ3) is 2.80. The minimum absolute atomic E-state index is 0.0310. The first-order valence-electron chi connectivity index (χ1n) is 6.96. The van der Waals surface area contributed by atoms with Gasteiger partial charge in [-0.1, -0.05) is 19.1 Å². The minimum atomic E-state index is 0.0310. The minimum Gasteiger partial charge on any atom is -0.392 e. The monoisotopic (exact) mass is 299 g/mol. The Labute approximate surface area is 128 Å². The van der Waals surface area contributed by atoms with Gasteiger partial charge >= 0.3 is 0 Å². The summed E-state index contributed by atoms with van der Waals surface area (Å²) in [4.78, 5) is 13.4. The average Bonchev–Trinajstić information content (AvgIpc) is 2.99. The van der Waals surface area contributed by atoms with Crippen molar-refractivity contribution < 1.29 is 5.11 Å². The van der Waals surface area contributed by atoms with E-state index in [1.165, 1.54) is 0 Å². The van der Waals surface area contributed by atoms with Crippen molar-refractivity contribution in [3.63, 3.8) is 0 Å². The molecule has 21 heavy (non-hydrogen) atoms. The maximum atomic E-state index is 9.50. The summed E-state index contributed by atoms with van der Waals surface area (Å²) in [6, 6.07) is 3.93. The Bertz CT molecular complexity index is 689. The normalized spacial score (nSPS) is 14.8. The molecule has 5 heteroatoms. The lowest BCUT2D eigenvalue weighted by Crippen LogP contribution is -1.98. The number of nitrogens with one attached hydrogen (secondary N) is 1. The van der Waals surface area contributed by atoms with Gasteiger partial charge in [0.1, 0.15) is 5.82 Å². The Hall–Kier alpha value is -1.85. The first-order chi connectivity index (χ1) is 10.3. The zero-order valence-corrected chi connectivity index (χ0v) is 12.7. The fourth-order valence-electron chi connectivity index (χ4n) is 2.35. The molecule has 4 nitrogen and oxygen atoms in total. The number of rotatable bonds is 4. The van der Waals surface area contributed by atoms with Crippen molar-refractivity contribution in [2.75, 3.05) is 12.4 Å². The van der Waals surface area contributed by atoms with Gasteiger partial charge in [0.2, 0.25) is 0 Å². The van der Waals surface area contributed by atoms with Gasteiger partial charge in [-0.25, -0.2) is 4.98 Å². The molecule has 0 unspecified atom stereocenters. The number of pyridine rings is 1. The van der Waals surface area contributed by atoms with Crippen LogP contribution in [-0.2, 0) is 6.42 Å². The first kappa shape index (κ1) is 14.1. The smallest absolute Gasteiger partial charge is 0.145 e. The van der Waals surface area contributed by atoms with Crippen LogP contribution >= 0.6 is 11.8 Å². The van der Waals surface area contributed by atoms with E-state index in [2.05, 4.69) is 23.0 Å². The van der Waals surface area contributed by atoms with E-state index in [0.717, 1.165) is 45.4 Å². The molecule has 0 aromatic carbocycles. The molecule has 0 bridgehead atoms. The molecular weight excluding hydrogens is 282 g/mol. The van der Waals surface area contributed by atoms with Crippen molar-refractivity contribution in [3.05, 3.63) is 53.8 Å². The number of nitrogens with zero attached hydrogens (tertiary/aromatic N) is 2. The third-order valence-electron chi connectivity index (χ3n) is 3.39. The van der Waals surface area contributed by atoms with E-state index in [9.17, 15) is 5.11 Å². The molecule has 2 N–H and O–H groups in total. The second-order valence-corrected chi connectivity index (χ2v) is 5.76. The molecule has 0 saturated carbocycles. The quantitative estimate of drug-likeness (QED) is 0.911.